The van der Waals surface area contributed by atoms with Gasteiger partial charge in [-0.15, -0.1) is 0 Å². The van der Waals surface area contributed by atoms with Crippen molar-refractivity contribution in [1.82, 2.24) is 9.78 Å². The van der Waals surface area contributed by atoms with Gasteiger partial charge < -0.3 is 10.6 Å². The van der Waals surface area contributed by atoms with Crippen LogP contribution in [0.25, 0.3) is 11.1 Å². The maximum Gasteiger partial charge on any atom is 0.149 e. The number of rotatable bonds is 3. The zero-order chi connectivity index (χ0) is 18.3. The second kappa shape index (κ2) is 6.37. The molecule has 0 unspecified atom stereocenters. The molecule has 2 N–H and O–H groups in total. The van der Waals surface area contributed by atoms with Crippen molar-refractivity contribution in [2.24, 2.45) is 7.05 Å². The molecule has 0 radical (unpaired) electrons. The van der Waals surface area contributed by atoms with Crippen LogP contribution in [0.3, 0.4) is 0 Å². The maximum absolute atomic E-state index is 14.4. The normalized spacial score (nSPS) is 11.0. The first kappa shape index (κ1) is 17.2. The molecule has 3 aromatic rings. The molecule has 130 valence electrons. The summed E-state index contributed by atoms with van der Waals surface area (Å²) in [6.45, 7) is 1.82. The summed E-state index contributed by atoms with van der Waals surface area (Å²) < 4.78 is 29.4. The highest BCUT2D eigenvalue weighted by molar-refractivity contribution is 6.33. The number of hydrogen-bond acceptors (Lipinski definition) is 3. The molecule has 0 bridgehead atoms. The predicted octanol–water partition coefficient (Wildman–Crippen LogP) is 4.68. The van der Waals surface area contributed by atoms with E-state index in [0.717, 1.165) is 0 Å². The zero-order valence-corrected chi connectivity index (χ0v) is 14.8. The fourth-order valence-electron chi connectivity index (χ4n) is 3.03. The SMILES string of the molecule is Cc1nn(C)c(N(C)c2c(N)cccc2F)c1-c1ccc(F)cc1Cl. The minimum absolute atomic E-state index is 0.241. The number of anilines is 3. The Hall–Kier alpha value is -2.60. The highest BCUT2D eigenvalue weighted by Gasteiger charge is 2.24. The van der Waals surface area contributed by atoms with Crippen LogP contribution in [0, 0.1) is 18.6 Å². The van der Waals surface area contributed by atoms with Crippen LogP contribution in [-0.4, -0.2) is 16.8 Å². The lowest BCUT2D eigenvalue weighted by atomic mass is 10.0. The number of nitrogens with zero attached hydrogens (tertiary/aromatic N) is 3. The van der Waals surface area contributed by atoms with Crippen LogP contribution in [0.15, 0.2) is 36.4 Å². The summed E-state index contributed by atoms with van der Waals surface area (Å²) in [6.07, 6.45) is 0. The Balaban J connectivity index is 2.24. The average molecular weight is 363 g/mol. The van der Waals surface area contributed by atoms with Crippen molar-refractivity contribution in [2.75, 3.05) is 17.7 Å². The summed E-state index contributed by atoms with van der Waals surface area (Å²) in [5.41, 5.74) is 8.51. The Morgan fingerprint density at radius 3 is 2.56 bits per heavy atom. The monoisotopic (exact) mass is 362 g/mol. The summed E-state index contributed by atoms with van der Waals surface area (Å²) in [7, 11) is 3.45. The molecule has 0 fully saturated rings. The molecule has 0 saturated heterocycles. The Bertz CT molecular complexity index is 932. The number of benzene rings is 2. The molecule has 0 aliphatic heterocycles. The van der Waals surface area contributed by atoms with E-state index in [1.54, 1.807) is 41.9 Å². The summed E-state index contributed by atoms with van der Waals surface area (Å²) in [6, 6.07) is 8.68. The van der Waals surface area contributed by atoms with Gasteiger partial charge in [0.15, 0.2) is 0 Å². The molecule has 4 nitrogen and oxygen atoms in total. The quantitative estimate of drug-likeness (QED) is 0.688. The summed E-state index contributed by atoms with van der Waals surface area (Å²) >= 11 is 6.24. The lowest BCUT2D eigenvalue weighted by molar-refractivity contribution is 0.626. The molecule has 25 heavy (non-hydrogen) atoms. The molecule has 1 aromatic heterocycles. The minimum Gasteiger partial charge on any atom is -0.397 e. The van der Waals surface area contributed by atoms with Crippen LogP contribution in [-0.2, 0) is 7.05 Å². The van der Waals surface area contributed by atoms with Gasteiger partial charge in [-0.25, -0.2) is 8.78 Å². The molecule has 0 amide bonds. The van der Waals surface area contributed by atoms with Gasteiger partial charge in [-0.1, -0.05) is 17.7 Å². The molecule has 0 atom stereocenters. The van der Waals surface area contributed by atoms with E-state index < -0.39 is 11.6 Å². The Morgan fingerprint density at radius 2 is 1.92 bits per heavy atom. The smallest absolute Gasteiger partial charge is 0.149 e. The number of hydrogen-bond donors (Lipinski definition) is 1. The van der Waals surface area contributed by atoms with E-state index in [-0.39, 0.29) is 10.7 Å². The van der Waals surface area contributed by atoms with E-state index in [2.05, 4.69) is 5.10 Å². The molecule has 0 spiro atoms. The van der Waals surface area contributed by atoms with Gasteiger partial charge in [0, 0.05) is 25.2 Å². The Morgan fingerprint density at radius 1 is 1.20 bits per heavy atom. The number of nitrogens with two attached hydrogens (primary N) is 1. The Labute approximate surface area is 149 Å². The van der Waals surface area contributed by atoms with Crippen molar-refractivity contribution in [3.05, 3.63) is 58.7 Å². The van der Waals surface area contributed by atoms with Crippen LogP contribution in [0.1, 0.15) is 5.69 Å². The van der Waals surface area contributed by atoms with Gasteiger partial charge in [-0.2, -0.15) is 5.10 Å². The second-order valence-corrected chi connectivity index (χ2v) is 6.18. The molecule has 1 heterocycles. The third kappa shape index (κ3) is 2.93. The van der Waals surface area contributed by atoms with Gasteiger partial charge in [0.2, 0.25) is 0 Å². The first-order valence-electron chi connectivity index (χ1n) is 7.58. The standard InChI is InChI=1S/C18H17ClF2N4/c1-10-16(12-8-7-11(20)9-13(12)19)18(25(3)23-10)24(2)17-14(21)5-4-6-15(17)22/h4-9H,22H2,1-3H3. The van der Waals surface area contributed by atoms with Crippen LogP contribution >= 0.6 is 11.6 Å². The molecular formula is C18H17ClF2N4. The van der Waals surface area contributed by atoms with Gasteiger partial charge in [0.1, 0.15) is 23.1 Å². The third-order valence-corrected chi connectivity index (χ3v) is 4.38. The molecule has 3 rings (SSSR count). The highest BCUT2D eigenvalue weighted by atomic mass is 35.5. The van der Waals surface area contributed by atoms with E-state index in [4.69, 9.17) is 17.3 Å². The Kier molecular flexibility index (Phi) is 4.39. The average Bonchev–Trinajstić information content (AvgIpc) is 2.81. The first-order valence-corrected chi connectivity index (χ1v) is 7.95. The van der Waals surface area contributed by atoms with E-state index in [0.29, 0.717) is 28.3 Å². The molecule has 0 aliphatic carbocycles. The minimum atomic E-state index is -0.447. The topological polar surface area (TPSA) is 47.1 Å². The fraction of sp³-hybridized carbons (Fsp3) is 0.167. The van der Waals surface area contributed by atoms with Crippen LogP contribution in [0.2, 0.25) is 5.02 Å². The van der Waals surface area contributed by atoms with E-state index in [1.165, 1.54) is 18.2 Å². The molecule has 2 aromatic carbocycles. The van der Waals surface area contributed by atoms with Gasteiger partial charge >= 0.3 is 0 Å². The summed E-state index contributed by atoms with van der Waals surface area (Å²) in [5.74, 6) is -0.274. The third-order valence-electron chi connectivity index (χ3n) is 4.06. The fourth-order valence-corrected chi connectivity index (χ4v) is 3.29. The molecule has 7 heteroatoms. The van der Waals surface area contributed by atoms with Gasteiger partial charge in [-0.3, -0.25) is 4.68 Å². The second-order valence-electron chi connectivity index (χ2n) is 5.77. The number of nitrogen functional groups attached to an aromatic ring is 1. The van der Waals surface area contributed by atoms with Crippen molar-refractivity contribution in [3.8, 4) is 11.1 Å². The van der Waals surface area contributed by atoms with Crippen molar-refractivity contribution in [1.29, 1.82) is 0 Å². The van der Waals surface area contributed by atoms with Crippen molar-refractivity contribution in [2.45, 2.75) is 6.92 Å². The van der Waals surface area contributed by atoms with Crippen LogP contribution < -0.4 is 10.6 Å². The number of halogens is 3. The van der Waals surface area contributed by atoms with Crippen LogP contribution in [0.5, 0.6) is 0 Å². The van der Waals surface area contributed by atoms with Gasteiger partial charge in [-0.05, 0) is 37.3 Å². The summed E-state index contributed by atoms with van der Waals surface area (Å²) in [5, 5.41) is 4.67. The molecular weight excluding hydrogens is 346 g/mol. The molecule has 0 saturated carbocycles. The van der Waals surface area contributed by atoms with Crippen molar-refractivity contribution < 1.29 is 8.78 Å². The van der Waals surface area contributed by atoms with Gasteiger partial charge in [0.25, 0.3) is 0 Å². The number of aromatic nitrogens is 2. The first-order chi connectivity index (χ1) is 11.8. The van der Waals surface area contributed by atoms with E-state index in [9.17, 15) is 8.78 Å². The zero-order valence-electron chi connectivity index (χ0n) is 14.0. The largest absolute Gasteiger partial charge is 0.397 e. The van der Waals surface area contributed by atoms with E-state index >= 15 is 0 Å². The van der Waals surface area contributed by atoms with E-state index in [1.807, 2.05) is 6.92 Å². The van der Waals surface area contributed by atoms with Crippen molar-refractivity contribution >= 4 is 28.8 Å². The predicted molar refractivity (Wildman–Crippen MR) is 97.2 cm³/mol. The highest BCUT2D eigenvalue weighted by Crippen LogP contribution is 2.41. The van der Waals surface area contributed by atoms with Crippen LogP contribution in [0.4, 0.5) is 26.0 Å². The number of para-hydroxylation sites is 1. The lowest BCUT2D eigenvalue weighted by Crippen LogP contribution is -2.17. The maximum atomic E-state index is 14.4. The van der Waals surface area contributed by atoms with Crippen molar-refractivity contribution in [3.63, 3.8) is 0 Å². The van der Waals surface area contributed by atoms with Gasteiger partial charge in [0.05, 0.1) is 16.4 Å². The lowest BCUT2D eigenvalue weighted by Gasteiger charge is -2.23. The summed E-state index contributed by atoms with van der Waals surface area (Å²) in [4.78, 5) is 1.62. The number of aryl methyl sites for hydroxylation is 2. The molecule has 0 aliphatic rings.